The molecule has 0 radical (unpaired) electrons. The van der Waals surface area contributed by atoms with Crippen LogP contribution in [0.25, 0.3) is 10.9 Å². The summed E-state index contributed by atoms with van der Waals surface area (Å²) in [5, 5.41) is 10.3. The molecule has 0 aliphatic rings. The Kier molecular flexibility index (Phi) is 3.28. The number of aromatic hydroxyl groups is 1. The lowest BCUT2D eigenvalue weighted by Crippen LogP contribution is -2.07. The lowest BCUT2D eigenvalue weighted by atomic mass is 10.0. The molecular formula is C17H14N2O2. The number of nitrogens with two attached hydrogens (primary N) is 1. The van der Waals surface area contributed by atoms with Gasteiger partial charge in [0.25, 0.3) is 0 Å². The molecule has 0 spiro atoms. The molecule has 0 amide bonds. The van der Waals surface area contributed by atoms with Crippen LogP contribution in [0.15, 0.2) is 54.6 Å². The van der Waals surface area contributed by atoms with E-state index in [0.29, 0.717) is 16.9 Å². The number of hydrogen-bond acceptors (Lipinski definition) is 4. The molecule has 21 heavy (non-hydrogen) atoms. The minimum atomic E-state index is -0.127. The highest BCUT2D eigenvalue weighted by atomic mass is 16.3. The van der Waals surface area contributed by atoms with E-state index in [4.69, 9.17) is 5.73 Å². The highest BCUT2D eigenvalue weighted by Gasteiger charge is 2.12. The average molecular weight is 278 g/mol. The number of carbonyl (C=O) groups is 1. The molecule has 0 atom stereocenters. The van der Waals surface area contributed by atoms with Crippen molar-refractivity contribution < 1.29 is 9.90 Å². The maximum Gasteiger partial charge on any atom is 0.185 e. The number of pyridine rings is 1. The standard InChI is InChI=1S/C17H14N2O2/c18-14-10-16(19-15-7-2-1-6-13(14)15)17(21)9-11-4-3-5-12(20)8-11/h1-8,10,20H,9H2,(H2,18,19). The quantitative estimate of drug-likeness (QED) is 0.722. The molecule has 0 saturated heterocycles. The molecule has 1 heterocycles. The van der Waals surface area contributed by atoms with E-state index in [-0.39, 0.29) is 18.0 Å². The van der Waals surface area contributed by atoms with Crippen LogP contribution < -0.4 is 5.73 Å². The monoisotopic (exact) mass is 278 g/mol. The van der Waals surface area contributed by atoms with E-state index in [9.17, 15) is 9.90 Å². The van der Waals surface area contributed by atoms with Crippen LogP contribution in [0.5, 0.6) is 5.75 Å². The number of phenols is 1. The number of nitrogen functional groups attached to an aromatic ring is 1. The van der Waals surface area contributed by atoms with Crippen molar-refractivity contribution in [2.45, 2.75) is 6.42 Å². The molecular weight excluding hydrogens is 264 g/mol. The van der Waals surface area contributed by atoms with Gasteiger partial charge in [0, 0.05) is 17.5 Å². The van der Waals surface area contributed by atoms with Gasteiger partial charge >= 0.3 is 0 Å². The van der Waals surface area contributed by atoms with Gasteiger partial charge in [-0.15, -0.1) is 0 Å². The zero-order valence-electron chi connectivity index (χ0n) is 11.3. The second-order valence-corrected chi connectivity index (χ2v) is 4.88. The summed E-state index contributed by atoms with van der Waals surface area (Å²) in [6.45, 7) is 0. The minimum absolute atomic E-state index is 0.127. The summed E-state index contributed by atoms with van der Waals surface area (Å²) in [5.74, 6) is 0.0179. The number of Topliss-reactive ketones (excluding diaryl/α,β-unsaturated/α-hetero) is 1. The molecule has 3 N–H and O–H groups in total. The Bertz CT molecular complexity index is 828. The van der Waals surface area contributed by atoms with Gasteiger partial charge in [0.05, 0.1) is 5.52 Å². The predicted molar refractivity (Wildman–Crippen MR) is 82.3 cm³/mol. The van der Waals surface area contributed by atoms with E-state index in [0.717, 1.165) is 10.9 Å². The molecule has 104 valence electrons. The lowest BCUT2D eigenvalue weighted by Gasteiger charge is -2.06. The predicted octanol–water partition coefficient (Wildman–Crippen LogP) is 2.95. The fourth-order valence-electron chi connectivity index (χ4n) is 2.29. The van der Waals surface area contributed by atoms with Crippen molar-refractivity contribution in [2.24, 2.45) is 0 Å². The number of para-hydroxylation sites is 1. The SMILES string of the molecule is Nc1cc(C(=O)Cc2cccc(O)c2)nc2ccccc12. The van der Waals surface area contributed by atoms with Crippen LogP contribution in [0.2, 0.25) is 0 Å². The van der Waals surface area contributed by atoms with Crippen LogP contribution in [-0.2, 0) is 6.42 Å². The number of rotatable bonds is 3. The second kappa shape index (κ2) is 5.25. The molecule has 0 fully saturated rings. The molecule has 0 unspecified atom stereocenters. The number of ketones is 1. The number of carbonyl (C=O) groups excluding carboxylic acids is 1. The van der Waals surface area contributed by atoms with E-state index >= 15 is 0 Å². The first kappa shape index (κ1) is 13.1. The van der Waals surface area contributed by atoms with Crippen molar-refractivity contribution in [2.75, 3.05) is 5.73 Å². The van der Waals surface area contributed by atoms with Gasteiger partial charge in [-0.2, -0.15) is 0 Å². The minimum Gasteiger partial charge on any atom is -0.508 e. The largest absolute Gasteiger partial charge is 0.508 e. The van der Waals surface area contributed by atoms with E-state index in [2.05, 4.69) is 4.98 Å². The van der Waals surface area contributed by atoms with Gasteiger partial charge in [-0.25, -0.2) is 4.98 Å². The summed E-state index contributed by atoms with van der Waals surface area (Å²) in [5.41, 5.74) is 8.31. The third kappa shape index (κ3) is 2.69. The Hall–Kier alpha value is -2.88. The van der Waals surface area contributed by atoms with Crippen molar-refractivity contribution in [1.82, 2.24) is 4.98 Å². The maximum atomic E-state index is 12.3. The number of fused-ring (bicyclic) bond motifs is 1. The fraction of sp³-hybridized carbons (Fsp3) is 0.0588. The molecule has 2 aromatic carbocycles. The van der Waals surface area contributed by atoms with Crippen molar-refractivity contribution in [1.29, 1.82) is 0 Å². The van der Waals surface area contributed by atoms with Gasteiger partial charge in [0.2, 0.25) is 0 Å². The summed E-state index contributed by atoms with van der Waals surface area (Å²) < 4.78 is 0. The first-order chi connectivity index (χ1) is 10.1. The average Bonchev–Trinajstić information content (AvgIpc) is 2.47. The number of anilines is 1. The molecule has 4 heteroatoms. The smallest absolute Gasteiger partial charge is 0.185 e. The third-order valence-electron chi connectivity index (χ3n) is 3.31. The van der Waals surface area contributed by atoms with E-state index in [1.54, 1.807) is 30.3 Å². The van der Waals surface area contributed by atoms with Crippen molar-refractivity contribution >= 4 is 22.4 Å². The van der Waals surface area contributed by atoms with Crippen LogP contribution in [0, 0.1) is 0 Å². The third-order valence-corrected chi connectivity index (χ3v) is 3.31. The molecule has 1 aromatic heterocycles. The van der Waals surface area contributed by atoms with Crippen LogP contribution >= 0.6 is 0 Å². The molecule has 0 bridgehead atoms. The molecule has 0 aliphatic carbocycles. The molecule has 0 aliphatic heterocycles. The first-order valence-electron chi connectivity index (χ1n) is 6.60. The zero-order chi connectivity index (χ0) is 14.8. The topological polar surface area (TPSA) is 76.2 Å². The van der Waals surface area contributed by atoms with Gasteiger partial charge in [-0.1, -0.05) is 30.3 Å². The summed E-state index contributed by atoms with van der Waals surface area (Å²) in [7, 11) is 0. The Morgan fingerprint density at radius 3 is 2.71 bits per heavy atom. The highest BCUT2D eigenvalue weighted by Crippen LogP contribution is 2.21. The summed E-state index contributed by atoms with van der Waals surface area (Å²) in [4.78, 5) is 16.7. The lowest BCUT2D eigenvalue weighted by molar-refractivity contribution is 0.0988. The van der Waals surface area contributed by atoms with Gasteiger partial charge in [0.1, 0.15) is 11.4 Å². The summed E-state index contributed by atoms with van der Waals surface area (Å²) in [6.07, 6.45) is 0.180. The highest BCUT2D eigenvalue weighted by molar-refractivity contribution is 6.01. The van der Waals surface area contributed by atoms with Crippen LogP contribution in [-0.4, -0.2) is 15.9 Å². The first-order valence-corrected chi connectivity index (χ1v) is 6.60. The van der Waals surface area contributed by atoms with Gasteiger partial charge in [-0.3, -0.25) is 4.79 Å². The van der Waals surface area contributed by atoms with Gasteiger partial charge < -0.3 is 10.8 Å². The Morgan fingerprint density at radius 2 is 1.90 bits per heavy atom. The van der Waals surface area contributed by atoms with E-state index in [1.165, 1.54) is 0 Å². The number of phenolic OH excluding ortho intramolecular Hbond substituents is 1. The van der Waals surface area contributed by atoms with Crippen LogP contribution in [0.3, 0.4) is 0 Å². The summed E-state index contributed by atoms with van der Waals surface area (Å²) in [6, 6.07) is 15.7. The Labute approximate surface area is 121 Å². The van der Waals surface area contributed by atoms with Gasteiger partial charge in [-0.05, 0) is 29.8 Å². The molecule has 4 nitrogen and oxygen atoms in total. The normalized spacial score (nSPS) is 10.7. The molecule has 3 aromatic rings. The Balaban J connectivity index is 1.94. The number of hydrogen-bond donors (Lipinski definition) is 2. The van der Waals surface area contributed by atoms with Gasteiger partial charge in [0.15, 0.2) is 5.78 Å². The van der Waals surface area contributed by atoms with Crippen LogP contribution in [0.1, 0.15) is 16.1 Å². The molecule has 0 saturated carbocycles. The fourth-order valence-corrected chi connectivity index (χ4v) is 2.29. The number of benzene rings is 2. The van der Waals surface area contributed by atoms with E-state index < -0.39 is 0 Å². The maximum absolute atomic E-state index is 12.3. The van der Waals surface area contributed by atoms with Crippen LogP contribution in [0.4, 0.5) is 5.69 Å². The Morgan fingerprint density at radius 1 is 1.10 bits per heavy atom. The van der Waals surface area contributed by atoms with Crippen molar-refractivity contribution in [3.05, 3.63) is 65.9 Å². The molecule has 3 rings (SSSR count). The van der Waals surface area contributed by atoms with Crippen molar-refractivity contribution in [3.8, 4) is 5.75 Å². The second-order valence-electron chi connectivity index (χ2n) is 4.88. The number of nitrogens with zero attached hydrogens (tertiary/aromatic N) is 1. The number of aromatic nitrogens is 1. The van der Waals surface area contributed by atoms with Crippen molar-refractivity contribution in [3.63, 3.8) is 0 Å². The zero-order valence-corrected chi connectivity index (χ0v) is 11.3. The van der Waals surface area contributed by atoms with E-state index in [1.807, 2.05) is 24.3 Å². The summed E-state index contributed by atoms with van der Waals surface area (Å²) >= 11 is 0.